The summed E-state index contributed by atoms with van der Waals surface area (Å²) in [7, 11) is 0. The Bertz CT molecular complexity index is 536. The molecular weight excluding hydrogens is 258 g/mol. The van der Waals surface area contributed by atoms with Crippen molar-refractivity contribution in [3.63, 3.8) is 0 Å². The fourth-order valence-corrected chi connectivity index (χ4v) is 1.45. The summed E-state index contributed by atoms with van der Waals surface area (Å²) in [5.41, 5.74) is 0.824. The van der Waals surface area contributed by atoms with E-state index in [9.17, 15) is 0 Å². The van der Waals surface area contributed by atoms with Crippen molar-refractivity contribution < 1.29 is 4.42 Å². The van der Waals surface area contributed by atoms with E-state index in [1.807, 2.05) is 25.3 Å². The number of hydrogen-bond donors (Lipinski definition) is 0. The average Bonchev–Trinajstić information content (AvgIpc) is 2.78. The second-order valence-corrected chi connectivity index (χ2v) is 4.67. The maximum Gasteiger partial charge on any atom is 0.343 e. The molecule has 2 aromatic rings. The molecule has 0 fully saturated rings. The molecule has 1 aromatic heterocycles. The van der Waals surface area contributed by atoms with Crippen molar-refractivity contribution >= 4 is 34.4 Å². The van der Waals surface area contributed by atoms with Crippen molar-refractivity contribution in [2.75, 3.05) is 6.26 Å². The van der Waals surface area contributed by atoms with Crippen LogP contribution in [-0.2, 0) is 0 Å². The maximum atomic E-state index is 5.80. The summed E-state index contributed by atoms with van der Waals surface area (Å²) < 4.78 is 5.42. The van der Waals surface area contributed by atoms with Crippen molar-refractivity contribution in [1.29, 1.82) is 0 Å². The normalized spacial score (nSPS) is 11.8. The second kappa shape index (κ2) is 5.33. The topological polar surface area (TPSA) is 51.3 Å². The van der Waals surface area contributed by atoms with E-state index in [-0.39, 0.29) is 6.01 Å². The lowest BCUT2D eigenvalue weighted by atomic mass is 10.2. The van der Waals surface area contributed by atoms with E-state index in [0.717, 1.165) is 10.6 Å². The highest BCUT2D eigenvalue weighted by molar-refractivity contribution is 8.13. The van der Waals surface area contributed by atoms with Gasteiger partial charge in [0.05, 0.1) is 5.04 Å². The van der Waals surface area contributed by atoms with Crippen LogP contribution in [0.15, 0.2) is 33.7 Å². The Morgan fingerprint density at radius 1 is 1.29 bits per heavy atom. The van der Waals surface area contributed by atoms with Crippen LogP contribution in [0.1, 0.15) is 6.92 Å². The van der Waals surface area contributed by atoms with Crippen LogP contribution in [0.3, 0.4) is 0 Å². The van der Waals surface area contributed by atoms with Crippen LogP contribution in [0.4, 0.5) is 6.01 Å². The first-order valence-corrected chi connectivity index (χ1v) is 6.48. The van der Waals surface area contributed by atoms with Crippen LogP contribution in [0.5, 0.6) is 0 Å². The van der Waals surface area contributed by atoms with Gasteiger partial charge in [-0.25, -0.2) is 0 Å². The summed E-state index contributed by atoms with van der Waals surface area (Å²) in [5.74, 6) is 0.439. The van der Waals surface area contributed by atoms with Crippen LogP contribution < -0.4 is 0 Å². The lowest BCUT2D eigenvalue weighted by Gasteiger charge is -1.93. The number of hydrogen-bond acceptors (Lipinski definition) is 5. The van der Waals surface area contributed by atoms with Crippen LogP contribution in [0, 0.1) is 0 Å². The molecule has 1 heterocycles. The molecule has 0 aliphatic rings. The third kappa shape index (κ3) is 3.08. The number of halogens is 1. The molecule has 0 saturated carbocycles. The van der Waals surface area contributed by atoms with Gasteiger partial charge < -0.3 is 4.42 Å². The number of thioether (sulfide) groups is 1. The minimum atomic E-state index is 0.266. The molecule has 0 N–H and O–H groups in total. The Balaban J connectivity index is 2.27. The Kier molecular flexibility index (Phi) is 3.81. The lowest BCUT2D eigenvalue weighted by Crippen LogP contribution is -1.78. The molecule has 6 heteroatoms. The number of benzene rings is 1. The predicted octanol–water partition coefficient (Wildman–Crippen LogP) is 3.80. The number of rotatable bonds is 2. The van der Waals surface area contributed by atoms with Gasteiger partial charge in [-0.1, -0.05) is 16.7 Å². The van der Waals surface area contributed by atoms with Gasteiger partial charge in [0.15, 0.2) is 0 Å². The standard InChI is InChI=1S/C11H10ClN3OS/c1-7(17-2)13-11-15-14-10(16-11)8-3-5-9(12)6-4-8/h3-6H,1-2H3. The molecular formula is C11H10ClN3OS. The van der Waals surface area contributed by atoms with Gasteiger partial charge in [0.2, 0.25) is 5.89 Å². The van der Waals surface area contributed by atoms with Gasteiger partial charge in [-0.15, -0.1) is 16.9 Å². The average molecular weight is 268 g/mol. The van der Waals surface area contributed by atoms with Crippen LogP contribution in [-0.4, -0.2) is 21.5 Å². The third-order valence-electron chi connectivity index (χ3n) is 2.05. The Hall–Kier alpha value is -1.33. The van der Waals surface area contributed by atoms with Gasteiger partial charge in [0.25, 0.3) is 0 Å². The van der Waals surface area contributed by atoms with E-state index < -0.39 is 0 Å². The molecule has 0 radical (unpaired) electrons. The first-order valence-electron chi connectivity index (χ1n) is 4.88. The van der Waals surface area contributed by atoms with E-state index in [2.05, 4.69) is 15.2 Å². The van der Waals surface area contributed by atoms with E-state index in [1.165, 1.54) is 11.8 Å². The Labute approximate surface area is 108 Å². The highest BCUT2D eigenvalue weighted by atomic mass is 35.5. The third-order valence-corrected chi connectivity index (χ3v) is 2.99. The quantitative estimate of drug-likeness (QED) is 0.613. The van der Waals surface area contributed by atoms with Gasteiger partial charge in [0, 0.05) is 10.6 Å². The summed E-state index contributed by atoms with van der Waals surface area (Å²) in [6.07, 6.45) is 1.94. The summed E-state index contributed by atoms with van der Waals surface area (Å²) in [6.45, 7) is 1.89. The summed E-state index contributed by atoms with van der Waals surface area (Å²) >= 11 is 7.33. The monoisotopic (exact) mass is 267 g/mol. The van der Waals surface area contributed by atoms with Crippen LogP contribution in [0.25, 0.3) is 11.5 Å². The molecule has 17 heavy (non-hydrogen) atoms. The van der Waals surface area contributed by atoms with Gasteiger partial charge in [0.1, 0.15) is 0 Å². The van der Waals surface area contributed by atoms with E-state index in [0.29, 0.717) is 10.9 Å². The molecule has 0 unspecified atom stereocenters. The molecule has 1 aromatic carbocycles. The van der Waals surface area contributed by atoms with E-state index in [4.69, 9.17) is 16.0 Å². The van der Waals surface area contributed by atoms with Crippen molar-refractivity contribution in [2.45, 2.75) is 6.92 Å². The smallest absolute Gasteiger partial charge is 0.343 e. The Morgan fingerprint density at radius 3 is 2.65 bits per heavy atom. The summed E-state index contributed by atoms with van der Waals surface area (Å²) in [4.78, 5) is 4.15. The second-order valence-electron chi connectivity index (χ2n) is 3.23. The van der Waals surface area contributed by atoms with Gasteiger partial charge >= 0.3 is 6.01 Å². The molecule has 0 amide bonds. The van der Waals surface area contributed by atoms with Crippen molar-refractivity contribution in [2.24, 2.45) is 4.99 Å². The zero-order valence-electron chi connectivity index (χ0n) is 9.35. The van der Waals surface area contributed by atoms with Crippen LogP contribution >= 0.6 is 23.4 Å². The minimum Gasteiger partial charge on any atom is -0.402 e. The number of nitrogens with zero attached hydrogens (tertiary/aromatic N) is 3. The molecule has 0 bridgehead atoms. The largest absolute Gasteiger partial charge is 0.402 e. The Morgan fingerprint density at radius 2 is 2.00 bits per heavy atom. The maximum absolute atomic E-state index is 5.80. The van der Waals surface area contributed by atoms with Crippen molar-refractivity contribution in [1.82, 2.24) is 10.2 Å². The molecule has 0 aliphatic carbocycles. The molecule has 0 aliphatic heterocycles. The molecule has 88 valence electrons. The van der Waals surface area contributed by atoms with Crippen LogP contribution in [0.2, 0.25) is 5.02 Å². The highest BCUT2D eigenvalue weighted by Gasteiger charge is 2.07. The zero-order chi connectivity index (χ0) is 12.3. The first kappa shape index (κ1) is 12.1. The van der Waals surface area contributed by atoms with Gasteiger partial charge in [-0.2, -0.15) is 4.99 Å². The minimum absolute atomic E-state index is 0.266. The first-order chi connectivity index (χ1) is 8.19. The fourth-order valence-electron chi connectivity index (χ4n) is 1.15. The fraction of sp³-hybridized carbons (Fsp3) is 0.182. The zero-order valence-corrected chi connectivity index (χ0v) is 10.9. The lowest BCUT2D eigenvalue weighted by molar-refractivity contribution is 0.580. The molecule has 4 nitrogen and oxygen atoms in total. The number of aromatic nitrogens is 2. The van der Waals surface area contributed by atoms with E-state index >= 15 is 0 Å². The van der Waals surface area contributed by atoms with E-state index in [1.54, 1.807) is 12.1 Å². The SMILES string of the molecule is CSC(C)=Nc1nnc(-c2ccc(Cl)cc2)o1. The van der Waals surface area contributed by atoms with Gasteiger partial charge in [-0.3, -0.25) is 0 Å². The summed E-state index contributed by atoms with van der Waals surface area (Å²) in [5, 5.41) is 9.32. The van der Waals surface area contributed by atoms with Gasteiger partial charge in [-0.05, 0) is 37.4 Å². The molecule has 0 spiro atoms. The summed E-state index contributed by atoms with van der Waals surface area (Å²) in [6, 6.07) is 7.46. The van der Waals surface area contributed by atoms with Crippen molar-refractivity contribution in [3.8, 4) is 11.5 Å². The predicted molar refractivity (Wildman–Crippen MR) is 71.0 cm³/mol. The number of aliphatic imine (C=N–C) groups is 1. The molecule has 2 rings (SSSR count). The highest BCUT2D eigenvalue weighted by Crippen LogP contribution is 2.23. The molecule has 0 saturated heterocycles. The molecule has 0 atom stereocenters. The van der Waals surface area contributed by atoms with Crippen molar-refractivity contribution in [3.05, 3.63) is 29.3 Å².